The second-order valence-corrected chi connectivity index (χ2v) is 4.16. The van der Waals surface area contributed by atoms with E-state index in [2.05, 4.69) is 61.2 Å². The Kier molecular flexibility index (Phi) is 3.81. The highest BCUT2D eigenvalue weighted by molar-refractivity contribution is 5.63. The smallest absolute Gasteiger partial charge is 0.0413 e. The van der Waals surface area contributed by atoms with Gasteiger partial charge in [-0.2, -0.15) is 0 Å². The van der Waals surface area contributed by atoms with Gasteiger partial charge >= 0.3 is 0 Å². The molecule has 0 spiro atoms. The molecule has 0 saturated carbocycles. The van der Waals surface area contributed by atoms with Crippen molar-refractivity contribution in [2.75, 3.05) is 11.4 Å². The number of nitrogens with zero attached hydrogens (tertiary/aromatic N) is 1. The molecule has 0 unspecified atom stereocenters. The number of benzene rings is 2. The maximum absolute atomic E-state index is 3.99. The van der Waals surface area contributed by atoms with E-state index in [-0.39, 0.29) is 0 Å². The molecule has 0 aliphatic rings. The number of hydrogen-bond donors (Lipinski definition) is 0. The van der Waals surface area contributed by atoms with E-state index in [0.717, 1.165) is 18.5 Å². The van der Waals surface area contributed by atoms with Crippen molar-refractivity contribution < 1.29 is 0 Å². The van der Waals surface area contributed by atoms with Gasteiger partial charge in [0.15, 0.2) is 0 Å². The molecular formula is C16H18N. The first-order valence-corrected chi connectivity index (χ1v) is 6.06. The van der Waals surface area contributed by atoms with Crippen molar-refractivity contribution in [2.24, 2.45) is 0 Å². The van der Waals surface area contributed by atoms with Crippen molar-refractivity contribution in [3.8, 4) is 0 Å². The molecule has 0 N–H and O–H groups in total. The van der Waals surface area contributed by atoms with Crippen LogP contribution in [0.3, 0.4) is 0 Å². The number of rotatable bonds is 4. The van der Waals surface area contributed by atoms with E-state index in [4.69, 9.17) is 0 Å². The highest BCUT2D eigenvalue weighted by atomic mass is 15.1. The van der Waals surface area contributed by atoms with Gasteiger partial charge in [-0.15, -0.1) is 0 Å². The van der Waals surface area contributed by atoms with E-state index in [1.807, 2.05) is 12.1 Å². The second kappa shape index (κ2) is 5.53. The zero-order chi connectivity index (χ0) is 12.1. The molecule has 0 atom stereocenters. The van der Waals surface area contributed by atoms with Gasteiger partial charge in [0.1, 0.15) is 0 Å². The Bertz CT molecular complexity index is 462. The SMILES string of the molecule is [CH2]c1cccc(N(CCC)c2ccccc2)c1. The topological polar surface area (TPSA) is 3.24 Å². The Morgan fingerprint density at radius 3 is 2.29 bits per heavy atom. The van der Waals surface area contributed by atoms with Crippen LogP contribution in [0.4, 0.5) is 11.4 Å². The van der Waals surface area contributed by atoms with Crippen molar-refractivity contribution in [1.29, 1.82) is 0 Å². The van der Waals surface area contributed by atoms with Gasteiger partial charge in [0.05, 0.1) is 0 Å². The summed E-state index contributed by atoms with van der Waals surface area (Å²) >= 11 is 0. The molecule has 0 heterocycles. The lowest BCUT2D eigenvalue weighted by molar-refractivity contribution is 0.885. The van der Waals surface area contributed by atoms with E-state index in [1.54, 1.807) is 0 Å². The molecule has 0 aliphatic carbocycles. The predicted molar refractivity (Wildman–Crippen MR) is 74.6 cm³/mol. The summed E-state index contributed by atoms with van der Waals surface area (Å²) in [5, 5.41) is 0. The van der Waals surface area contributed by atoms with Gasteiger partial charge < -0.3 is 4.90 Å². The quantitative estimate of drug-likeness (QED) is 0.743. The van der Waals surface area contributed by atoms with Crippen LogP contribution in [0, 0.1) is 6.92 Å². The standard InChI is InChI=1S/C16H18N/c1-3-12-17(15-9-5-4-6-10-15)16-11-7-8-14(2)13-16/h4-11,13H,2-3,12H2,1H3. The van der Waals surface area contributed by atoms with Crippen LogP contribution >= 0.6 is 0 Å². The minimum atomic E-state index is 1.02. The van der Waals surface area contributed by atoms with E-state index in [9.17, 15) is 0 Å². The highest BCUT2D eigenvalue weighted by Crippen LogP contribution is 2.25. The van der Waals surface area contributed by atoms with E-state index >= 15 is 0 Å². The van der Waals surface area contributed by atoms with Gasteiger partial charge in [0, 0.05) is 17.9 Å². The third-order valence-corrected chi connectivity index (χ3v) is 2.74. The van der Waals surface area contributed by atoms with Crippen molar-refractivity contribution in [1.82, 2.24) is 0 Å². The molecule has 2 aromatic carbocycles. The van der Waals surface area contributed by atoms with Gasteiger partial charge in [-0.25, -0.2) is 0 Å². The minimum absolute atomic E-state index is 1.02. The van der Waals surface area contributed by atoms with Gasteiger partial charge in [-0.05, 0) is 43.2 Å². The first kappa shape index (κ1) is 11.7. The fourth-order valence-electron chi connectivity index (χ4n) is 1.96. The molecule has 2 aromatic rings. The number of para-hydroxylation sites is 1. The molecular weight excluding hydrogens is 206 g/mol. The lowest BCUT2D eigenvalue weighted by Gasteiger charge is -2.24. The highest BCUT2D eigenvalue weighted by Gasteiger charge is 2.07. The summed E-state index contributed by atoms with van der Waals surface area (Å²) in [6.45, 7) is 7.21. The molecule has 17 heavy (non-hydrogen) atoms. The molecule has 0 bridgehead atoms. The molecule has 0 aliphatic heterocycles. The van der Waals surface area contributed by atoms with Crippen molar-refractivity contribution >= 4 is 11.4 Å². The van der Waals surface area contributed by atoms with E-state index in [1.165, 1.54) is 11.4 Å². The summed E-state index contributed by atoms with van der Waals surface area (Å²) in [4.78, 5) is 2.33. The molecule has 0 saturated heterocycles. The van der Waals surface area contributed by atoms with Crippen LogP contribution in [-0.4, -0.2) is 6.54 Å². The maximum atomic E-state index is 3.99. The Labute approximate surface area is 104 Å². The number of hydrogen-bond acceptors (Lipinski definition) is 1. The summed E-state index contributed by atoms with van der Waals surface area (Å²) in [7, 11) is 0. The Hall–Kier alpha value is -1.76. The van der Waals surface area contributed by atoms with E-state index in [0.29, 0.717) is 0 Å². The first-order chi connectivity index (χ1) is 8.31. The fourth-order valence-corrected chi connectivity index (χ4v) is 1.96. The van der Waals surface area contributed by atoms with Crippen molar-refractivity contribution in [3.63, 3.8) is 0 Å². The Morgan fingerprint density at radius 2 is 1.65 bits per heavy atom. The zero-order valence-corrected chi connectivity index (χ0v) is 10.3. The molecule has 1 heteroatoms. The molecule has 1 radical (unpaired) electrons. The summed E-state index contributed by atoms with van der Waals surface area (Å²) in [5.41, 5.74) is 3.50. The minimum Gasteiger partial charge on any atom is -0.341 e. The molecule has 0 aromatic heterocycles. The summed E-state index contributed by atoms with van der Waals surface area (Å²) < 4.78 is 0. The summed E-state index contributed by atoms with van der Waals surface area (Å²) in [6, 6.07) is 18.8. The third kappa shape index (κ3) is 2.88. The van der Waals surface area contributed by atoms with Crippen LogP contribution in [0.15, 0.2) is 54.6 Å². The molecule has 0 fully saturated rings. The van der Waals surface area contributed by atoms with Crippen LogP contribution in [0.25, 0.3) is 0 Å². The van der Waals surface area contributed by atoms with Gasteiger partial charge in [-0.1, -0.05) is 37.3 Å². The zero-order valence-electron chi connectivity index (χ0n) is 10.3. The lowest BCUT2D eigenvalue weighted by atomic mass is 10.2. The summed E-state index contributed by atoms with van der Waals surface area (Å²) in [6.07, 6.45) is 1.12. The lowest BCUT2D eigenvalue weighted by Crippen LogP contribution is -2.17. The molecule has 1 nitrogen and oxygen atoms in total. The monoisotopic (exact) mass is 224 g/mol. The molecule has 0 amide bonds. The Morgan fingerprint density at radius 1 is 0.941 bits per heavy atom. The summed E-state index contributed by atoms with van der Waals surface area (Å²) in [5.74, 6) is 0. The normalized spacial score (nSPS) is 10.2. The average molecular weight is 224 g/mol. The van der Waals surface area contributed by atoms with Crippen LogP contribution in [0.5, 0.6) is 0 Å². The van der Waals surface area contributed by atoms with Crippen molar-refractivity contribution in [2.45, 2.75) is 13.3 Å². The predicted octanol–water partition coefficient (Wildman–Crippen LogP) is 4.42. The molecule has 2 rings (SSSR count). The van der Waals surface area contributed by atoms with E-state index < -0.39 is 0 Å². The largest absolute Gasteiger partial charge is 0.341 e. The third-order valence-electron chi connectivity index (χ3n) is 2.74. The van der Waals surface area contributed by atoms with Crippen LogP contribution < -0.4 is 4.90 Å². The molecule has 87 valence electrons. The Balaban J connectivity index is 2.35. The van der Waals surface area contributed by atoms with Crippen LogP contribution in [0.1, 0.15) is 18.9 Å². The number of anilines is 2. The average Bonchev–Trinajstić information content (AvgIpc) is 2.37. The first-order valence-electron chi connectivity index (χ1n) is 6.06. The fraction of sp³-hybridized carbons (Fsp3) is 0.188. The van der Waals surface area contributed by atoms with Crippen molar-refractivity contribution in [3.05, 3.63) is 67.1 Å². The van der Waals surface area contributed by atoms with Gasteiger partial charge in [0.2, 0.25) is 0 Å². The van der Waals surface area contributed by atoms with Crippen LogP contribution in [0.2, 0.25) is 0 Å². The van der Waals surface area contributed by atoms with Gasteiger partial charge in [-0.3, -0.25) is 0 Å². The van der Waals surface area contributed by atoms with Crippen LogP contribution in [-0.2, 0) is 0 Å². The second-order valence-electron chi connectivity index (χ2n) is 4.16. The van der Waals surface area contributed by atoms with Gasteiger partial charge in [0.25, 0.3) is 0 Å². The maximum Gasteiger partial charge on any atom is 0.0413 e.